The lowest BCUT2D eigenvalue weighted by molar-refractivity contribution is 0.596. The average Bonchev–Trinajstić information content (AvgIpc) is 2.30. The molecule has 0 heterocycles. The van der Waals surface area contributed by atoms with Crippen molar-refractivity contribution in [2.75, 3.05) is 0 Å². The monoisotopic (exact) mass is 267 g/mol. The van der Waals surface area contributed by atoms with Gasteiger partial charge in [-0.3, -0.25) is 0 Å². The van der Waals surface area contributed by atoms with Gasteiger partial charge in [0.2, 0.25) is 0 Å². The van der Waals surface area contributed by atoms with Crippen LogP contribution < -0.4 is 5.73 Å². The molecule has 4 heteroatoms. The highest BCUT2D eigenvalue weighted by Crippen LogP contribution is 2.27. The van der Waals surface area contributed by atoms with Crippen LogP contribution in [-0.4, -0.2) is 0 Å². The second-order valence-electron chi connectivity index (χ2n) is 4.18. The van der Waals surface area contributed by atoms with E-state index < -0.39 is 11.9 Å². The Morgan fingerprint density at radius 1 is 1.17 bits per heavy atom. The third-order valence-electron chi connectivity index (χ3n) is 2.74. The molecule has 0 aromatic heterocycles. The summed E-state index contributed by atoms with van der Waals surface area (Å²) in [6, 6.07) is 8.30. The molecule has 2 N–H and O–H groups in total. The number of rotatable bonds is 2. The van der Waals surface area contributed by atoms with Crippen LogP contribution in [0.15, 0.2) is 36.4 Å². The van der Waals surface area contributed by atoms with E-state index >= 15 is 0 Å². The quantitative estimate of drug-likeness (QED) is 0.875. The summed E-state index contributed by atoms with van der Waals surface area (Å²) in [4.78, 5) is 0. The van der Waals surface area contributed by atoms with Gasteiger partial charge in [-0.2, -0.15) is 0 Å². The van der Waals surface area contributed by atoms with Crippen LogP contribution in [0, 0.1) is 18.6 Å². The van der Waals surface area contributed by atoms with Crippen LogP contribution in [0.2, 0.25) is 5.02 Å². The summed E-state index contributed by atoms with van der Waals surface area (Å²) in [7, 11) is 0. The zero-order valence-electron chi connectivity index (χ0n) is 9.75. The fourth-order valence-corrected chi connectivity index (χ4v) is 2.07. The van der Waals surface area contributed by atoms with Crippen LogP contribution in [0.4, 0.5) is 8.78 Å². The highest BCUT2D eigenvalue weighted by molar-refractivity contribution is 6.30. The lowest BCUT2D eigenvalue weighted by atomic mass is 9.97. The Morgan fingerprint density at radius 3 is 2.56 bits per heavy atom. The molecule has 1 atom stereocenters. The summed E-state index contributed by atoms with van der Waals surface area (Å²) in [5.41, 5.74) is 7.48. The van der Waals surface area contributed by atoms with Crippen molar-refractivity contribution in [3.8, 4) is 0 Å². The van der Waals surface area contributed by atoms with Gasteiger partial charge in [-0.25, -0.2) is 8.78 Å². The molecule has 0 amide bonds. The fourth-order valence-electron chi connectivity index (χ4n) is 1.88. The zero-order chi connectivity index (χ0) is 13.3. The van der Waals surface area contributed by atoms with Gasteiger partial charge in [-0.05, 0) is 36.2 Å². The zero-order valence-corrected chi connectivity index (χ0v) is 10.5. The van der Waals surface area contributed by atoms with Gasteiger partial charge in [-0.15, -0.1) is 0 Å². The Balaban J connectivity index is 2.47. The van der Waals surface area contributed by atoms with E-state index in [1.165, 1.54) is 18.2 Å². The van der Waals surface area contributed by atoms with E-state index in [-0.39, 0.29) is 16.4 Å². The van der Waals surface area contributed by atoms with Gasteiger partial charge in [0.05, 0.1) is 11.1 Å². The molecule has 0 aliphatic heterocycles. The smallest absolute Gasteiger partial charge is 0.146 e. The topological polar surface area (TPSA) is 26.0 Å². The van der Waals surface area contributed by atoms with Crippen molar-refractivity contribution in [3.05, 3.63) is 69.7 Å². The minimum atomic E-state index is -0.738. The van der Waals surface area contributed by atoms with E-state index in [0.717, 1.165) is 5.56 Å². The van der Waals surface area contributed by atoms with E-state index in [9.17, 15) is 8.78 Å². The number of hydrogen-bond donors (Lipinski definition) is 1. The van der Waals surface area contributed by atoms with Crippen molar-refractivity contribution in [2.45, 2.75) is 13.0 Å². The number of hydrogen-bond acceptors (Lipinski definition) is 1. The van der Waals surface area contributed by atoms with Crippen molar-refractivity contribution < 1.29 is 8.78 Å². The van der Waals surface area contributed by atoms with Gasteiger partial charge in [-0.1, -0.05) is 29.8 Å². The van der Waals surface area contributed by atoms with E-state index in [1.54, 1.807) is 25.1 Å². The standard InChI is InChI=1S/C14H12ClF2N/c1-8-5-9(7-10(16)6-8)14(18)11-3-2-4-12(15)13(11)17/h2-7,14H,18H2,1H3. The highest BCUT2D eigenvalue weighted by atomic mass is 35.5. The minimum absolute atomic E-state index is 0.0103. The van der Waals surface area contributed by atoms with Crippen LogP contribution in [0.25, 0.3) is 0 Å². The SMILES string of the molecule is Cc1cc(F)cc(C(N)c2cccc(Cl)c2F)c1. The predicted molar refractivity (Wildman–Crippen MR) is 68.6 cm³/mol. The summed E-state index contributed by atoms with van der Waals surface area (Å²) < 4.78 is 27.1. The lowest BCUT2D eigenvalue weighted by Gasteiger charge is -2.15. The predicted octanol–water partition coefficient (Wildman–Crippen LogP) is 3.97. The molecule has 94 valence electrons. The van der Waals surface area contributed by atoms with E-state index in [2.05, 4.69) is 0 Å². The third-order valence-corrected chi connectivity index (χ3v) is 3.03. The van der Waals surface area contributed by atoms with Crippen molar-refractivity contribution in [3.63, 3.8) is 0 Å². The molecule has 2 rings (SSSR count). The van der Waals surface area contributed by atoms with E-state index in [0.29, 0.717) is 5.56 Å². The molecule has 2 aromatic rings. The molecule has 0 aliphatic carbocycles. The lowest BCUT2D eigenvalue weighted by Crippen LogP contribution is -2.14. The second kappa shape index (κ2) is 5.04. The first-order valence-electron chi connectivity index (χ1n) is 5.45. The van der Waals surface area contributed by atoms with Crippen molar-refractivity contribution in [2.24, 2.45) is 5.73 Å². The number of aryl methyl sites for hydroxylation is 1. The summed E-state index contributed by atoms with van der Waals surface area (Å²) >= 11 is 5.70. The van der Waals surface area contributed by atoms with Crippen LogP contribution in [-0.2, 0) is 0 Å². The summed E-state index contributed by atoms with van der Waals surface area (Å²) in [6.45, 7) is 1.76. The van der Waals surface area contributed by atoms with E-state index in [1.807, 2.05) is 0 Å². The Bertz CT molecular complexity index is 564. The first-order valence-corrected chi connectivity index (χ1v) is 5.83. The molecule has 0 saturated carbocycles. The molecular formula is C14H12ClF2N. The van der Waals surface area contributed by atoms with Crippen LogP contribution in [0.3, 0.4) is 0 Å². The number of halogens is 3. The molecule has 0 bridgehead atoms. The maximum atomic E-state index is 13.8. The molecule has 1 nitrogen and oxygen atoms in total. The normalized spacial score (nSPS) is 12.5. The molecule has 0 saturated heterocycles. The maximum absolute atomic E-state index is 13.8. The van der Waals surface area contributed by atoms with Gasteiger partial charge >= 0.3 is 0 Å². The van der Waals surface area contributed by atoms with Crippen LogP contribution in [0.1, 0.15) is 22.7 Å². The fraction of sp³-hybridized carbons (Fsp3) is 0.143. The van der Waals surface area contributed by atoms with Gasteiger partial charge in [0.15, 0.2) is 0 Å². The molecule has 0 aliphatic rings. The van der Waals surface area contributed by atoms with Crippen LogP contribution >= 0.6 is 11.6 Å². The first-order chi connectivity index (χ1) is 8.49. The molecule has 0 fully saturated rings. The average molecular weight is 268 g/mol. The van der Waals surface area contributed by atoms with Gasteiger partial charge in [0.1, 0.15) is 11.6 Å². The largest absolute Gasteiger partial charge is 0.320 e. The number of nitrogens with two attached hydrogens (primary N) is 1. The van der Waals surface area contributed by atoms with Crippen molar-refractivity contribution in [1.82, 2.24) is 0 Å². The summed E-state index contributed by atoms with van der Waals surface area (Å²) in [5, 5.41) is 0.0103. The van der Waals surface area contributed by atoms with E-state index in [4.69, 9.17) is 17.3 Å². The molecule has 2 aromatic carbocycles. The van der Waals surface area contributed by atoms with Crippen LogP contribution in [0.5, 0.6) is 0 Å². The van der Waals surface area contributed by atoms with Gasteiger partial charge in [0, 0.05) is 5.56 Å². The maximum Gasteiger partial charge on any atom is 0.146 e. The molecule has 18 heavy (non-hydrogen) atoms. The molecule has 0 spiro atoms. The Labute approximate surface area is 109 Å². The Hall–Kier alpha value is -1.45. The van der Waals surface area contributed by atoms with Crippen molar-refractivity contribution >= 4 is 11.6 Å². The summed E-state index contributed by atoms with van der Waals surface area (Å²) in [6.07, 6.45) is 0. The number of benzene rings is 2. The van der Waals surface area contributed by atoms with Gasteiger partial charge in [0.25, 0.3) is 0 Å². The minimum Gasteiger partial charge on any atom is -0.320 e. The third kappa shape index (κ3) is 2.52. The molecule has 1 unspecified atom stereocenters. The Morgan fingerprint density at radius 2 is 1.89 bits per heavy atom. The molecule has 0 radical (unpaired) electrons. The second-order valence-corrected chi connectivity index (χ2v) is 4.59. The first kappa shape index (κ1) is 13.0. The summed E-state index contributed by atoms with van der Waals surface area (Å²) in [5.74, 6) is -0.948. The van der Waals surface area contributed by atoms with Crippen molar-refractivity contribution in [1.29, 1.82) is 0 Å². The van der Waals surface area contributed by atoms with Gasteiger partial charge < -0.3 is 5.73 Å². The Kier molecular flexibility index (Phi) is 3.64. The molecular weight excluding hydrogens is 256 g/mol. The highest BCUT2D eigenvalue weighted by Gasteiger charge is 2.16.